The summed E-state index contributed by atoms with van der Waals surface area (Å²) in [4.78, 5) is 12.2. The normalized spacial score (nSPS) is 12.0. The lowest BCUT2D eigenvalue weighted by Gasteiger charge is -2.18. The number of fused-ring (bicyclic) bond motifs is 1. The molecule has 0 bridgehead atoms. The van der Waals surface area contributed by atoms with Crippen LogP contribution in [0.1, 0.15) is 17.2 Å². The van der Waals surface area contributed by atoms with Crippen molar-refractivity contribution in [2.45, 2.75) is 6.10 Å². The van der Waals surface area contributed by atoms with Crippen molar-refractivity contribution in [3.8, 4) is 0 Å². The van der Waals surface area contributed by atoms with Crippen molar-refractivity contribution in [1.29, 1.82) is 0 Å². The first kappa shape index (κ1) is 15.8. The molecular weight excluding hydrogens is 324 g/mol. The molecule has 3 rings (SSSR count). The lowest BCUT2D eigenvalue weighted by molar-refractivity contribution is -0.142. The van der Waals surface area contributed by atoms with Crippen LogP contribution in [0.4, 0.5) is 0 Å². The Bertz CT molecular complexity index is 837. The Morgan fingerprint density at radius 3 is 2.57 bits per heavy atom. The van der Waals surface area contributed by atoms with E-state index in [9.17, 15) is 4.79 Å². The molecule has 116 valence electrons. The van der Waals surface area contributed by atoms with E-state index in [1.54, 1.807) is 11.3 Å². The second-order valence-electron chi connectivity index (χ2n) is 5.14. The van der Waals surface area contributed by atoms with Gasteiger partial charge in [0.2, 0.25) is 0 Å². The third-order valence-electron chi connectivity index (χ3n) is 3.60. The Morgan fingerprint density at radius 2 is 1.83 bits per heavy atom. The Hall–Kier alpha value is -2.04. The van der Waals surface area contributed by atoms with Gasteiger partial charge in [0.15, 0.2) is 6.10 Å². The van der Waals surface area contributed by atoms with Gasteiger partial charge in [-0.15, -0.1) is 11.3 Å². The van der Waals surface area contributed by atoms with E-state index in [-0.39, 0.29) is 5.75 Å². The maximum absolute atomic E-state index is 12.2. The van der Waals surface area contributed by atoms with Gasteiger partial charge in [0.1, 0.15) is 0 Å². The molecule has 0 N–H and O–H groups in total. The molecule has 0 amide bonds. The van der Waals surface area contributed by atoms with E-state index < -0.39 is 12.1 Å². The summed E-state index contributed by atoms with van der Waals surface area (Å²) in [6.07, 6.45) is -0.448. The summed E-state index contributed by atoms with van der Waals surface area (Å²) in [6.45, 7) is 3.72. The Morgan fingerprint density at radius 1 is 1.13 bits per heavy atom. The van der Waals surface area contributed by atoms with Crippen LogP contribution in [0.5, 0.6) is 0 Å². The van der Waals surface area contributed by atoms with Crippen molar-refractivity contribution in [3.05, 3.63) is 83.3 Å². The fourth-order valence-electron chi connectivity index (χ4n) is 2.40. The van der Waals surface area contributed by atoms with Crippen molar-refractivity contribution in [1.82, 2.24) is 0 Å². The molecule has 2 aromatic carbocycles. The van der Waals surface area contributed by atoms with Gasteiger partial charge in [-0.05, 0) is 22.4 Å². The maximum Gasteiger partial charge on any atom is 0.335 e. The van der Waals surface area contributed by atoms with E-state index in [1.807, 2.05) is 42.5 Å². The maximum atomic E-state index is 12.2. The summed E-state index contributed by atoms with van der Waals surface area (Å²) in [7, 11) is 0. The monoisotopic (exact) mass is 340 g/mol. The molecule has 0 fully saturated rings. The first-order chi connectivity index (χ1) is 11.2. The number of carbonyl (C=O) groups excluding carboxylic acids is 1. The van der Waals surface area contributed by atoms with E-state index >= 15 is 0 Å². The average Bonchev–Trinajstić information content (AvgIpc) is 3.03. The molecule has 0 aliphatic heterocycles. The van der Waals surface area contributed by atoms with Crippen molar-refractivity contribution in [3.63, 3.8) is 0 Å². The minimum absolute atomic E-state index is 0.282. The number of rotatable bonds is 5. The number of ether oxygens (including phenoxy) is 1. The highest BCUT2D eigenvalue weighted by molar-refractivity contribution is 7.80. The lowest BCUT2D eigenvalue weighted by Crippen LogP contribution is -2.14. The molecule has 0 saturated heterocycles. The highest BCUT2D eigenvalue weighted by Crippen LogP contribution is 2.36. The molecule has 0 aliphatic carbocycles. The Kier molecular flexibility index (Phi) is 4.84. The molecule has 1 heterocycles. The Labute approximate surface area is 144 Å². The van der Waals surface area contributed by atoms with Crippen LogP contribution in [0.3, 0.4) is 0 Å². The van der Waals surface area contributed by atoms with E-state index in [2.05, 4.69) is 36.7 Å². The number of thiophene rings is 1. The quantitative estimate of drug-likeness (QED) is 0.401. The van der Waals surface area contributed by atoms with E-state index in [1.165, 1.54) is 4.70 Å². The smallest absolute Gasteiger partial charge is 0.335 e. The Balaban J connectivity index is 2.05. The van der Waals surface area contributed by atoms with E-state index in [0.717, 1.165) is 16.5 Å². The van der Waals surface area contributed by atoms with Gasteiger partial charge in [0, 0.05) is 21.6 Å². The van der Waals surface area contributed by atoms with Crippen LogP contribution < -0.4 is 0 Å². The summed E-state index contributed by atoms with van der Waals surface area (Å²) >= 11 is 5.75. The number of hydrogen-bond donors (Lipinski definition) is 1. The van der Waals surface area contributed by atoms with Crippen molar-refractivity contribution >= 4 is 40.0 Å². The summed E-state index contributed by atoms with van der Waals surface area (Å²) < 4.78 is 6.93. The van der Waals surface area contributed by atoms with Crippen LogP contribution in [0.15, 0.2) is 72.1 Å². The molecule has 2 nitrogen and oxygen atoms in total. The van der Waals surface area contributed by atoms with Crippen molar-refractivity contribution in [2.24, 2.45) is 0 Å². The number of thiol groups is 1. The summed E-state index contributed by atoms with van der Waals surface area (Å²) in [5, 5.41) is 3.16. The van der Waals surface area contributed by atoms with Gasteiger partial charge in [-0.2, -0.15) is 12.6 Å². The predicted octanol–water partition coefficient (Wildman–Crippen LogP) is 5.02. The van der Waals surface area contributed by atoms with Crippen LogP contribution >= 0.6 is 24.0 Å². The zero-order chi connectivity index (χ0) is 16.2. The van der Waals surface area contributed by atoms with Crippen LogP contribution in [0.2, 0.25) is 0 Å². The molecule has 0 aliphatic rings. The minimum Gasteiger partial charge on any atom is -0.449 e. The summed E-state index contributed by atoms with van der Waals surface area (Å²) in [5.74, 6) is -0.130. The highest BCUT2D eigenvalue weighted by atomic mass is 32.1. The molecule has 3 aromatic rings. The van der Waals surface area contributed by atoms with Gasteiger partial charge >= 0.3 is 5.97 Å². The largest absolute Gasteiger partial charge is 0.449 e. The third-order valence-corrected chi connectivity index (χ3v) is 4.96. The van der Waals surface area contributed by atoms with Crippen LogP contribution in [-0.2, 0) is 9.53 Å². The average molecular weight is 340 g/mol. The minimum atomic E-state index is -0.448. The van der Waals surface area contributed by atoms with Gasteiger partial charge < -0.3 is 4.74 Å². The molecule has 23 heavy (non-hydrogen) atoms. The molecule has 0 radical (unpaired) electrons. The summed E-state index contributed by atoms with van der Waals surface area (Å²) in [5.41, 5.74) is 2.29. The van der Waals surface area contributed by atoms with Gasteiger partial charge in [0.25, 0.3) is 0 Å². The highest BCUT2D eigenvalue weighted by Gasteiger charge is 2.23. The number of hydrogen-bond acceptors (Lipinski definition) is 4. The number of benzene rings is 2. The van der Waals surface area contributed by atoms with Crippen molar-refractivity contribution in [2.75, 3.05) is 5.75 Å². The molecule has 4 heteroatoms. The van der Waals surface area contributed by atoms with Crippen LogP contribution in [0, 0.1) is 0 Å². The first-order valence-electron chi connectivity index (χ1n) is 7.21. The first-order valence-corrected chi connectivity index (χ1v) is 8.72. The molecule has 1 atom stereocenters. The molecular formula is C19H16O2S2. The number of esters is 1. The van der Waals surface area contributed by atoms with Crippen molar-refractivity contribution < 1.29 is 9.53 Å². The topological polar surface area (TPSA) is 26.3 Å². The van der Waals surface area contributed by atoms with E-state index in [4.69, 9.17) is 4.74 Å². The zero-order valence-corrected chi connectivity index (χ0v) is 14.1. The SMILES string of the molecule is C=C(CS)C(=O)OC(c1ccccc1)c1csc2ccccc12. The predicted molar refractivity (Wildman–Crippen MR) is 99.2 cm³/mol. The lowest BCUT2D eigenvalue weighted by atomic mass is 10.0. The fourth-order valence-corrected chi connectivity index (χ4v) is 3.50. The van der Waals surface area contributed by atoms with E-state index in [0.29, 0.717) is 5.57 Å². The molecule has 1 aromatic heterocycles. The second kappa shape index (κ2) is 7.02. The molecule has 0 saturated carbocycles. The standard InChI is InChI=1S/C19H16O2S2/c1-13(11-22)19(20)21-18(14-7-3-2-4-8-14)16-12-23-17-10-6-5-9-15(16)17/h2-10,12,18,22H,1,11H2. The van der Waals surface area contributed by atoms with Crippen LogP contribution in [-0.4, -0.2) is 11.7 Å². The fraction of sp³-hybridized carbons (Fsp3) is 0.105. The van der Waals surface area contributed by atoms with Gasteiger partial charge in [0.05, 0.1) is 0 Å². The molecule has 1 unspecified atom stereocenters. The van der Waals surface area contributed by atoms with Gasteiger partial charge in [-0.25, -0.2) is 4.79 Å². The zero-order valence-electron chi connectivity index (χ0n) is 12.4. The van der Waals surface area contributed by atoms with Gasteiger partial charge in [-0.1, -0.05) is 55.1 Å². The summed E-state index contributed by atoms with van der Waals surface area (Å²) in [6, 6.07) is 17.9. The molecule has 0 spiro atoms. The second-order valence-corrected chi connectivity index (χ2v) is 6.37. The van der Waals surface area contributed by atoms with Gasteiger partial charge in [-0.3, -0.25) is 0 Å². The number of carbonyl (C=O) groups is 1. The third kappa shape index (κ3) is 3.33. The van der Waals surface area contributed by atoms with Crippen LogP contribution in [0.25, 0.3) is 10.1 Å².